The summed E-state index contributed by atoms with van der Waals surface area (Å²) in [6, 6.07) is 6.02. The van der Waals surface area contributed by atoms with Crippen molar-refractivity contribution in [2.45, 2.75) is 13.3 Å². The average Bonchev–Trinajstić information content (AvgIpc) is 2.52. The molecule has 2 aliphatic heterocycles. The number of rotatable bonds is 0. The van der Waals surface area contributed by atoms with Crippen molar-refractivity contribution in [2.75, 3.05) is 13.1 Å². The minimum atomic E-state index is -0.155. The van der Waals surface area contributed by atoms with Crippen LogP contribution < -0.4 is 5.32 Å². The van der Waals surface area contributed by atoms with Crippen molar-refractivity contribution in [3.63, 3.8) is 0 Å². The smallest absolute Gasteiger partial charge is 0.249 e. The maximum Gasteiger partial charge on any atom is 0.249 e. The van der Waals surface area contributed by atoms with Gasteiger partial charge in [0.25, 0.3) is 0 Å². The number of amides is 2. The molecule has 0 aromatic heterocycles. The highest BCUT2D eigenvalue weighted by molar-refractivity contribution is 14.1. The number of fused-ring (bicyclic) bond motifs is 3. The van der Waals surface area contributed by atoms with E-state index in [1.54, 1.807) is 11.8 Å². The molecule has 2 amide bonds. The summed E-state index contributed by atoms with van der Waals surface area (Å²) in [5, 5.41) is 2.66. The lowest BCUT2D eigenvalue weighted by atomic mass is 9.94. The van der Waals surface area contributed by atoms with Crippen LogP contribution in [0.5, 0.6) is 0 Å². The van der Waals surface area contributed by atoms with Gasteiger partial charge in [0.15, 0.2) is 0 Å². The standard InChI is InChI=1S/C14H13IN2O2/c1-8-13-10-3-2-4-11(15)9(10)5-6-17(13)12(18)7-16-14(8)19/h2-4H,5-7H2,1H3,(H,16,19). The number of hydrogen-bond donors (Lipinski definition) is 1. The number of hydrogen-bond acceptors (Lipinski definition) is 2. The van der Waals surface area contributed by atoms with E-state index in [4.69, 9.17) is 0 Å². The highest BCUT2D eigenvalue weighted by Crippen LogP contribution is 2.34. The normalized spacial score (nSPS) is 18.7. The van der Waals surface area contributed by atoms with E-state index in [1.165, 1.54) is 9.13 Å². The van der Waals surface area contributed by atoms with Gasteiger partial charge >= 0.3 is 0 Å². The Morgan fingerprint density at radius 1 is 1.32 bits per heavy atom. The minimum Gasteiger partial charge on any atom is -0.343 e. The van der Waals surface area contributed by atoms with E-state index < -0.39 is 0 Å². The lowest BCUT2D eigenvalue weighted by Gasteiger charge is -2.31. The molecule has 3 rings (SSSR count). The fourth-order valence-electron chi connectivity index (χ4n) is 2.66. The van der Waals surface area contributed by atoms with Gasteiger partial charge in [-0.25, -0.2) is 0 Å². The van der Waals surface area contributed by atoms with Gasteiger partial charge in [-0.05, 0) is 47.6 Å². The van der Waals surface area contributed by atoms with Crippen LogP contribution in [0.3, 0.4) is 0 Å². The Kier molecular flexibility index (Phi) is 3.08. The zero-order valence-electron chi connectivity index (χ0n) is 10.5. The van der Waals surface area contributed by atoms with Crippen LogP contribution in [0, 0.1) is 3.57 Å². The Hall–Kier alpha value is -1.37. The van der Waals surface area contributed by atoms with Crippen molar-refractivity contribution in [3.8, 4) is 0 Å². The molecule has 2 heterocycles. The molecular formula is C14H13IN2O2. The van der Waals surface area contributed by atoms with E-state index in [2.05, 4.69) is 34.0 Å². The van der Waals surface area contributed by atoms with E-state index in [9.17, 15) is 9.59 Å². The van der Waals surface area contributed by atoms with Crippen LogP contribution in [0.2, 0.25) is 0 Å². The summed E-state index contributed by atoms with van der Waals surface area (Å²) in [6.45, 7) is 2.51. The van der Waals surface area contributed by atoms with Gasteiger partial charge in [0.05, 0.1) is 12.2 Å². The average molecular weight is 368 g/mol. The van der Waals surface area contributed by atoms with Crippen molar-refractivity contribution in [1.29, 1.82) is 0 Å². The van der Waals surface area contributed by atoms with Gasteiger partial charge in [0.2, 0.25) is 11.8 Å². The molecule has 0 unspecified atom stereocenters. The summed E-state index contributed by atoms with van der Waals surface area (Å²) < 4.78 is 1.19. The molecule has 0 spiro atoms. The summed E-state index contributed by atoms with van der Waals surface area (Å²) in [5.74, 6) is -0.192. The lowest BCUT2D eigenvalue weighted by Crippen LogP contribution is -2.38. The third-order valence-electron chi connectivity index (χ3n) is 3.63. The molecule has 5 heteroatoms. The molecule has 1 aromatic carbocycles. The van der Waals surface area contributed by atoms with E-state index in [1.807, 2.05) is 12.1 Å². The predicted molar refractivity (Wildman–Crippen MR) is 80.2 cm³/mol. The van der Waals surface area contributed by atoms with E-state index in [-0.39, 0.29) is 18.4 Å². The minimum absolute atomic E-state index is 0.0373. The van der Waals surface area contributed by atoms with Gasteiger partial charge in [-0.3, -0.25) is 9.59 Å². The van der Waals surface area contributed by atoms with E-state index in [0.717, 1.165) is 17.7 Å². The van der Waals surface area contributed by atoms with Crippen LogP contribution in [-0.4, -0.2) is 29.8 Å². The predicted octanol–water partition coefficient (Wildman–Crippen LogP) is 1.54. The molecule has 4 nitrogen and oxygen atoms in total. The van der Waals surface area contributed by atoms with Crippen molar-refractivity contribution in [2.24, 2.45) is 0 Å². The molecule has 0 saturated carbocycles. The van der Waals surface area contributed by atoms with Gasteiger partial charge in [-0.2, -0.15) is 0 Å². The molecule has 0 aliphatic carbocycles. The Labute approximate surface area is 125 Å². The van der Waals surface area contributed by atoms with Crippen molar-refractivity contribution in [3.05, 3.63) is 38.5 Å². The largest absolute Gasteiger partial charge is 0.343 e. The van der Waals surface area contributed by atoms with Crippen molar-refractivity contribution < 1.29 is 9.59 Å². The van der Waals surface area contributed by atoms with Crippen LogP contribution in [0.15, 0.2) is 23.8 Å². The highest BCUT2D eigenvalue weighted by Gasteiger charge is 2.32. The monoisotopic (exact) mass is 368 g/mol. The Morgan fingerprint density at radius 2 is 2.11 bits per heavy atom. The third-order valence-corrected chi connectivity index (χ3v) is 4.64. The van der Waals surface area contributed by atoms with Gasteiger partial charge < -0.3 is 10.2 Å². The van der Waals surface area contributed by atoms with E-state index in [0.29, 0.717) is 12.1 Å². The maximum atomic E-state index is 12.1. The number of nitrogens with one attached hydrogen (secondary N) is 1. The van der Waals surface area contributed by atoms with Crippen molar-refractivity contribution in [1.82, 2.24) is 10.2 Å². The maximum absolute atomic E-state index is 12.1. The molecule has 0 saturated heterocycles. The van der Waals surface area contributed by atoms with E-state index >= 15 is 0 Å². The molecule has 1 N–H and O–H groups in total. The molecule has 0 fully saturated rings. The first-order valence-electron chi connectivity index (χ1n) is 6.17. The van der Waals surface area contributed by atoms with Gasteiger partial charge in [-0.15, -0.1) is 0 Å². The quantitative estimate of drug-likeness (QED) is 0.707. The third kappa shape index (κ3) is 1.96. The van der Waals surface area contributed by atoms with Crippen LogP contribution in [-0.2, 0) is 16.0 Å². The second-order valence-electron chi connectivity index (χ2n) is 4.72. The molecule has 19 heavy (non-hydrogen) atoms. The van der Waals surface area contributed by atoms with Crippen LogP contribution >= 0.6 is 22.6 Å². The van der Waals surface area contributed by atoms with Gasteiger partial charge in [0, 0.05) is 21.3 Å². The molecule has 0 radical (unpaired) electrons. The molecule has 0 atom stereocenters. The van der Waals surface area contributed by atoms with Crippen LogP contribution in [0.4, 0.5) is 0 Å². The Bertz CT molecular complexity index is 622. The highest BCUT2D eigenvalue weighted by atomic mass is 127. The van der Waals surface area contributed by atoms with Gasteiger partial charge in [-0.1, -0.05) is 12.1 Å². The lowest BCUT2D eigenvalue weighted by molar-refractivity contribution is -0.128. The first kappa shape index (κ1) is 12.7. The zero-order chi connectivity index (χ0) is 13.6. The summed E-state index contributed by atoms with van der Waals surface area (Å²) in [6.07, 6.45) is 0.838. The van der Waals surface area contributed by atoms with Crippen molar-refractivity contribution >= 4 is 40.1 Å². The summed E-state index contributed by atoms with van der Waals surface area (Å²) in [7, 11) is 0. The number of halogens is 1. The molecular weight excluding hydrogens is 355 g/mol. The fraction of sp³-hybridized carbons (Fsp3) is 0.286. The number of benzene rings is 1. The Morgan fingerprint density at radius 3 is 2.89 bits per heavy atom. The summed E-state index contributed by atoms with van der Waals surface area (Å²) >= 11 is 2.31. The topological polar surface area (TPSA) is 49.4 Å². The number of carbonyl (C=O) groups excluding carboxylic acids is 2. The SMILES string of the molecule is CC1=C2c3cccc(I)c3CCN2C(=O)CNC1=O. The number of carbonyl (C=O) groups is 2. The zero-order valence-corrected chi connectivity index (χ0v) is 12.7. The second kappa shape index (κ2) is 4.63. The summed E-state index contributed by atoms with van der Waals surface area (Å²) in [4.78, 5) is 25.8. The fourth-order valence-corrected chi connectivity index (χ4v) is 3.43. The van der Waals surface area contributed by atoms with Crippen LogP contribution in [0.25, 0.3) is 5.70 Å². The first-order valence-corrected chi connectivity index (χ1v) is 7.24. The Balaban J connectivity index is 2.26. The molecule has 1 aromatic rings. The number of nitrogens with zero attached hydrogens (tertiary/aromatic N) is 1. The first-order chi connectivity index (χ1) is 9.09. The van der Waals surface area contributed by atoms with Gasteiger partial charge in [0.1, 0.15) is 0 Å². The molecule has 98 valence electrons. The second-order valence-corrected chi connectivity index (χ2v) is 5.88. The van der Waals surface area contributed by atoms with Crippen LogP contribution in [0.1, 0.15) is 18.1 Å². The molecule has 2 aliphatic rings. The molecule has 0 bridgehead atoms. The summed E-state index contributed by atoms with van der Waals surface area (Å²) in [5.41, 5.74) is 3.64.